The third-order valence-electron chi connectivity index (χ3n) is 4.56. The number of rotatable bonds is 5. The van der Waals surface area contributed by atoms with Gasteiger partial charge in [0.15, 0.2) is 5.82 Å². The van der Waals surface area contributed by atoms with Crippen molar-refractivity contribution in [2.45, 2.75) is 70.6 Å². The average molecular weight is 278 g/mol. The standard InChI is InChI=1S/C15H26N4O/c1-10(2)6-15-17-14(18-20-15)9-19(3)13-7-11-4-5-12(8-13)16-11/h10-13,16H,4-9H2,1-3H3. The van der Waals surface area contributed by atoms with Gasteiger partial charge in [0, 0.05) is 24.5 Å². The van der Waals surface area contributed by atoms with Crippen molar-refractivity contribution in [3.63, 3.8) is 0 Å². The van der Waals surface area contributed by atoms with E-state index in [-0.39, 0.29) is 0 Å². The van der Waals surface area contributed by atoms with Crippen LogP contribution in [0.15, 0.2) is 4.52 Å². The fourth-order valence-corrected chi connectivity index (χ4v) is 3.53. The molecule has 1 aromatic rings. The molecule has 1 aromatic heterocycles. The lowest BCUT2D eigenvalue weighted by Gasteiger charge is -2.34. The van der Waals surface area contributed by atoms with E-state index in [1.165, 1.54) is 25.7 Å². The number of nitrogens with one attached hydrogen (secondary N) is 1. The molecule has 0 radical (unpaired) electrons. The van der Waals surface area contributed by atoms with Gasteiger partial charge >= 0.3 is 0 Å². The van der Waals surface area contributed by atoms with Crippen LogP contribution in [0.3, 0.4) is 0 Å². The maximum Gasteiger partial charge on any atom is 0.226 e. The van der Waals surface area contributed by atoms with Crippen LogP contribution in [-0.2, 0) is 13.0 Å². The average Bonchev–Trinajstić information content (AvgIpc) is 2.95. The number of hydrogen-bond donors (Lipinski definition) is 1. The molecule has 0 saturated carbocycles. The largest absolute Gasteiger partial charge is 0.339 e. The Morgan fingerprint density at radius 2 is 2.00 bits per heavy atom. The maximum absolute atomic E-state index is 5.32. The first kappa shape index (κ1) is 14.0. The van der Waals surface area contributed by atoms with Crippen LogP contribution in [0.1, 0.15) is 51.2 Å². The number of nitrogens with zero attached hydrogens (tertiary/aromatic N) is 3. The molecule has 2 atom stereocenters. The minimum Gasteiger partial charge on any atom is -0.339 e. The Morgan fingerprint density at radius 3 is 2.65 bits per heavy atom. The van der Waals surface area contributed by atoms with Crippen molar-refractivity contribution >= 4 is 0 Å². The molecule has 2 unspecified atom stereocenters. The fourth-order valence-electron chi connectivity index (χ4n) is 3.53. The highest BCUT2D eigenvalue weighted by Crippen LogP contribution is 2.29. The van der Waals surface area contributed by atoms with Crippen LogP contribution in [0, 0.1) is 5.92 Å². The van der Waals surface area contributed by atoms with Crippen LogP contribution < -0.4 is 5.32 Å². The third-order valence-corrected chi connectivity index (χ3v) is 4.56. The van der Waals surface area contributed by atoms with E-state index >= 15 is 0 Å². The molecule has 0 aliphatic carbocycles. The summed E-state index contributed by atoms with van der Waals surface area (Å²) < 4.78 is 5.32. The first-order valence-corrected chi connectivity index (χ1v) is 7.88. The van der Waals surface area contributed by atoms with E-state index in [0.29, 0.717) is 12.0 Å². The summed E-state index contributed by atoms with van der Waals surface area (Å²) in [4.78, 5) is 6.90. The van der Waals surface area contributed by atoms with Crippen LogP contribution in [0.2, 0.25) is 0 Å². The molecule has 2 aliphatic rings. The summed E-state index contributed by atoms with van der Waals surface area (Å²) in [5.41, 5.74) is 0. The van der Waals surface area contributed by atoms with Crippen LogP contribution in [0.25, 0.3) is 0 Å². The summed E-state index contributed by atoms with van der Waals surface area (Å²) in [7, 11) is 2.19. The second kappa shape index (κ2) is 5.82. The molecule has 3 rings (SSSR count). The highest BCUT2D eigenvalue weighted by molar-refractivity contribution is 4.96. The number of aromatic nitrogens is 2. The molecule has 2 bridgehead atoms. The van der Waals surface area contributed by atoms with E-state index in [2.05, 4.69) is 41.3 Å². The smallest absolute Gasteiger partial charge is 0.226 e. The number of fused-ring (bicyclic) bond motifs is 2. The van der Waals surface area contributed by atoms with Gasteiger partial charge in [-0.1, -0.05) is 19.0 Å². The lowest BCUT2D eigenvalue weighted by Crippen LogP contribution is -2.46. The second-order valence-corrected chi connectivity index (χ2v) is 6.88. The van der Waals surface area contributed by atoms with Gasteiger partial charge in [-0.15, -0.1) is 0 Å². The van der Waals surface area contributed by atoms with E-state index in [9.17, 15) is 0 Å². The summed E-state index contributed by atoms with van der Waals surface area (Å²) in [6, 6.07) is 2.10. The van der Waals surface area contributed by atoms with Gasteiger partial charge in [0.2, 0.25) is 5.89 Å². The third kappa shape index (κ3) is 3.20. The van der Waals surface area contributed by atoms with Crippen molar-refractivity contribution < 1.29 is 4.52 Å². The molecule has 2 saturated heterocycles. The molecular weight excluding hydrogens is 252 g/mol. The summed E-state index contributed by atoms with van der Waals surface area (Å²) in [6.45, 7) is 5.13. The minimum atomic E-state index is 0.557. The Balaban J connectivity index is 1.55. The number of hydrogen-bond acceptors (Lipinski definition) is 5. The van der Waals surface area contributed by atoms with E-state index in [1.807, 2.05) is 0 Å². The van der Waals surface area contributed by atoms with Crippen molar-refractivity contribution in [3.05, 3.63) is 11.7 Å². The molecule has 2 aliphatic heterocycles. The van der Waals surface area contributed by atoms with E-state index in [1.54, 1.807) is 0 Å². The van der Waals surface area contributed by atoms with Crippen molar-refractivity contribution in [3.8, 4) is 0 Å². The maximum atomic E-state index is 5.32. The predicted octanol–water partition coefficient (Wildman–Crippen LogP) is 1.98. The zero-order chi connectivity index (χ0) is 14.1. The van der Waals surface area contributed by atoms with Crippen molar-refractivity contribution in [1.29, 1.82) is 0 Å². The van der Waals surface area contributed by atoms with Crippen LogP contribution >= 0.6 is 0 Å². The normalized spacial score (nSPS) is 29.6. The Bertz CT molecular complexity index is 433. The summed E-state index contributed by atoms with van der Waals surface area (Å²) in [6.07, 6.45) is 6.06. The van der Waals surface area contributed by atoms with Gasteiger partial charge in [-0.05, 0) is 38.6 Å². The van der Waals surface area contributed by atoms with Gasteiger partial charge in [-0.3, -0.25) is 4.90 Å². The summed E-state index contributed by atoms with van der Waals surface area (Å²) in [5.74, 6) is 2.16. The quantitative estimate of drug-likeness (QED) is 0.892. The molecule has 5 nitrogen and oxygen atoms in total. The van der Waals surface area contributed by atoms with Gasteiger partial charge in [0.1, 0.15) is 0 Å². The van der Waals surface area contributed by atoms with Crippen molar-refractivity contribution in [1.82, 2.24) is 20.4 Å². The Hall–Kier alpha value is -0.940. The van der Waals surface area contributed by atoms with E-state index in [4.69, 9.17) is 4.52 Å². The molecule has 112 valence electrons. The summed E-state index contributed by atoms with van der Waals surface area (Å²) in [5, 5.41) is 7.80. The van der Waals surface area contributed by atoms with Crippen LogP contribution in [0.5, 0.6) is 0 Å². The predicted molar refractivity (Wildman–Crippen MR) is 77.3 cm³/mol. The zero-order valence-electron chi connectivity index (χ0n) is 12.8. The molecule has 0 aromatic carbocycles. The monoisotopic (exact) mass is 278 g/mol. The zero-order valence-corrected chi connectivity index (χ0v) is 12.8. The second-order valence-electron chi connectivity index (χ2n) is 6.88. The first-order valence-electron chi connectivity index (χ1n) is 7.88. The highest BCUT2D eigenvalue weighted by Gasteiger charge is 2.35. The highest BCUT2D eigenvalue weighted by atomic mass is 16.5. The Kier molecular flexibility index (Phi) is 4.08. The summed E-state index contributed by atoms with van der Waals surface area (Å²) >= 11 is 0. The lowest BCUT2D eigenvalue weighted by molar-refractivity contribution is 0.161. The van der Waals surface area contributed by atoms with Crippen molar-refractivity contribution in [2.24, 2.45) is 5.92 Å². The van der Waals surface area contributed by atoms with E-state index < -0.39 is 0 Å². The molecular formula is C15H26N4O. The molecule has 2 fully saturated rings. The molecule has 1 N–H and O–H groups in total. The SMILES string of the molecule is CC(C)Cc1nc(CN(C)C2CC3CCC(C2)N3)no1. The first-order chi connectivity index (χ1) is 9.60. The molecule has 0 amide bonds. The minimum absolute atomic E-state index is 0.557. The van der Waals surface area contributed by atoms with Crippen molar-refractivity contribution in [2.75, 3.05) is 7.05 Å². The van der Waals surface area contributed by atoms with Gasteiger partial charge < -0.3 is 9.84 Å². The van der Waals surface area contributed by atoms with Gasteiger partial charge in [0.05, 0.1) is 6.54 Å². The number of piperidine rings is 1. The lowest BCUT2D eigenvalue weighted by atomic mass is 9.98. The molecule has 5 heteroatoms. The van der Waals surface area contributed by atoms with Crippen LogP contribution in [0.4, 0.5) is 0 Å². The molecule has 0 spiro atoms. The Labute approximate surface area is 121 Å². The van der Waals surface area contributed by atoms with E-state index in [0.717, 1.165) is 36.8 Å². The topological polar surface area (TPSA) is 54.2 Å². The van der Waals surface area contributed by atoms with Gasteiger partial charge in [0.25, 0.3) is 0 Å². The van der Waals surface area contributed by atoms with Gasteiger partial charge in [-0.25, -0.2) is 0 Å². The molecule has 3 heterocycles. The van der Waals surface area contributed by atoms with Gasteiger partial charge in [-0.2, -0.15) is 4.98 Å². The Morgan fingerprint density at radius 1 is 1.30 bits per heavy atom. The fraction of sp³-hybridized carbons (Fsp3) is 0.867. The molecule has 20 heavy (non-hydrogen) atoms. The van der Waals surface area contributed by atoms with Crippen LogP contribution in [-0.4, -0.2) is 40.2 Å².